The number of hydrogen-bond acceptors (Lipinski definition) is 4. The van der Waals surface area contributed by atoms with Crippen LogP contribution in [0.25, 0.3) is 23.7 Å². The molecular formula is C14H9BrN2O2. The predicted octanol–water partition coefficient (Wildman–Crippen LogP) is 4.26. The molecule has 94 valence electrons. The van der Waals surface area contributed by atoms with E-state index in [2.05, 4.69) is 26.1 Å². The minimum absolute atomic E-state index is 0.429. The van der Waals surface area contributed by atoms with Gasteiger partial charge in [0.15, 0.2) is 10.4 Å². The van der Waals surface area contributed by atoms with E-state index in [1.54, 1.807) is 18.2 Å². The fourth-order valence-electron chi connectivity index (χ4n) is 1.57. The van der Waals surface area contributed by atoms with Crippen LogP contribution in [0, 0.1) is 0 Å². The van der Waals surface area contributed by atoms with Crippen molar-refractivity contribution in [1.29, 1.82) is 0 Å². The molecule has 5 heteroatoms. The van der Waals surface area contributed by atoms with Crippen molar-refractivity contribution in [2.45, 2.75) is 0 Å². The topological polar surface area (TPSA) is 52.1 Å². The number of hydrogen-bond donors (Lipinski definition) is 0. The Kier molecular flexibility index (Phi) is 3.29. The van der Waals surface area contributed by atoms with Crippen molar-refractivity contribution < 1.29 is 8.94 Å². The lowest BCUT2D eigenvalue weighted by Gasteiger charge is -1.88. The van der Waals surface area contributed by atoms with Crippen LogP contribution in [0.15, 0.2) is 56.1 Å². The van der Waals surface area contributed by atoms with Gasteiger partial charge in [0, 0.05) is 6.08 Å². The zero-order valence-corrected chi connectivity index (χ0v) is 11.4. The first-order valence-corrected chi connectivity index (χ1v) is 6.43. The number of aromatic nitrogens is 2. The van der Waals surface area contributed by atoms with Crippen LogP contribution in [0.5, 0.6) is 0 Å². The monoisotopic (exact) mass is 316 g/mol. The van der Waals surface area contributed by atoms with E-state index >= 15 is 0 Å². The summed E-state index contributed by atoms with van der Waals surface area (Å²) in [5.41, 5.74) is 1.07. The van der Waals surface area contributed by atoms with Gasteiger partial charge >= 0.3 is 0 Å². The van der Waals surface area contributed by atoms with Crippen LogP contribution in [0.1, 0.15) is 11.5 Å². The highest BCUT2D eigenvalue weighted by Gasteiger charge is 2.10. The first kappa shape index (κ1) is 11.9. The first-order valence-electron chi connectivity index (χ1n) is 5.64. The van der Waals surface area contributed by atoms with E-state index in [-0.39, 0.29) is 0 Å². The molecule has 3 rings (SSSR count). The highest BCUT2D eigenvalue weighted by Crippen LogP contribution is 2.22. The van der Waals surface area contributed by atoms with E-state index in [0.29, 0.717) is 22.1 Å². The largest absolute Gasteiger partial charge is 0.446 e. The normalized spacial score (nSPS) is 11.2. The van der Waals surface area contributed by atoms with Crippen LogP contribution in [0.2, 0.25) is 0 Å². The first-order chi connectivity index (χ1) is 9.31. The second-order valence-electron chi connectivity index (χ2n) is 3.80. The summed E-state index contributed by atoms with van der Waals surface area (Å²) in [6, 6.07) is 13.5. The lowest BCUT2D eigenvalue weighted by molar-refractivity contribution is 0.409. The lowest BCUT2D eigenvalue weighted by atomic mass is 10.2. The molecule has 0 bridgehead atoms. The summed E-state index contributed by atoms with van der Waals surface area (Å²) in [5.74, 6) is 1.43. The molecule has 2 aromatic heterocycles. The van der Waals surface area contributed by atoms with Crippen LogP contribution in [0.3, 0.4) is 0 Å². The summed E-state index contributed by atoms with van der Waals surface area (Å²) < 4.78 is 11.1. The molecule has 1 aromatic carbocycles. The van der Waals surface area contributed by atoms with Crippen molar-refractivity contribution >= 4 is 28.1 Å². The predicted molar refractivity (Wildman–Crippen MR) is 75.1 cm³/mol. The zero-order chi connectivity index (χ0) is 13.1. The summed E-state index contributed by atoms with van der Waals surface area (Å²) in [5, 5.41) is 3.86. The molecule has 0 radical (unpaired) electrons. The minimum atomic E-state index is 0.429. The van der Waals surface area contributed by atoms with Crippen molar-refractivity contribution in [1.82, 2.24) is 10.1 Å². The van der Waals surface area contributed by atoms with Gasteiger partial charge in [-0.2, -0.15) is 4.98 Å². The summed E-state index contributed by atoms with van der Waals surface area (Å²) in [6.07, 6.45) is 3.68. The van der Waals surface area contributed by atoms with Crippen LogP contribution in [-0.2, 0) is 0 Å². The summed E-state index contributed by atoms with van der Waals surface area (Å²) in [7, 11) is 0. The van der Waals surface area contributed by atoms with Gasteiger partial charge < -0.3 is 8.94 Å². The Morgan fingerprint density at radius 3 is 2.58 bits per heavy atom. The second kappa shape index (κ2) is 5.24. The third kappa shape index (κ3) is 2.82. The molecule has 0 spiro atoms. The van der Waals surface area contributed by atoms with Gasteiger partial charge in [0.05, 0.1) is 0 Å². The van der Waals surface area contributed by atoms with Crippen LogP contribution in [-0.4, -0.2) is 10.1 Å². The minimum Gasteiger partial charge on any atom is -0.446 e. The van der Waals surface area contributed by atoms with Gasteiger partial charge in [0.1, 0.15) is 0 Å². The van der Waals surface area contributed by atoms with Gasteiger partial charge in [-0.1, -0.05) is 35.5 Å². The highest BCUT2D eigenvalue weighted by atomic mass is 79.9. The van der Waals surface area contributed by atoms with Gasteiger partial charge in [-0.15, -0.1) is 0 Å². The molecule has 0 saturated heterocycles. The Morgan fingerprint density at radius 1 is 1.00 bits per heavy atom. The summed E-state index contributed by atoms with van der Waals surface area (Å²) in [4.78, 5) is 4.23. The smallest absolute Gasteiger partial charge is 0.251 e. The van der Waals surface area contributed by atoms with Gasteiger partial charge in [0.2, 0.25) is 5.82 Å². The summed E-state index contributed by atoms with van der Waals surface area (Å²) in [6.45, 7) is 0. The highest BCUT2D eigenvalue weighted by molar-refractivity contribution is 9.10. The fraction of sp³-hybridized carbons (Fsp3) is 0. The van der Waals surface area contributed by atoms with Crippen LogP contribution >= 0.6 is 15.9 Å². The van der Waals surface area contributed by atoms with Gasteiger partial charge in [-0.05, 0) is 39.7 Å². The lowest BCUT2D eigenvalue weighted by Crippen LogP contribution is -1.76. The third-order valence-electron chi connectivity index (χ3n) is 2.45. The quantitative estimate of drug-likeness (QED) is 0.724. The van der Waals surface area contributed by atoms with Crippen molar-refractivity contribution in [3.05, 3.63) is 58.6 Å². The Hall–Kier alpha value is -2.14. The fourth-order valence-corrected chi connectivity index (χ4v) is 1.88. The van der Waals surface area contributed by atoms with Crippen molar-refractivity contribution in [3.63, 3.8) is 0 Å². The molecule has 0 unspecified atom stereocenters. The Balaban J connectivity index is 1.80. The molecule has 0 aliphatic heterocycles. The average Bonchev–Trinajstić information content (AvgIpc) is 3.06. The molecule has 4 nitrogen and oxygen atoms in total. The van der Waals surface area contributed by atoms with Crippen LogP contribution in [0.4, 0.5) is 0 Å². The van der Waals surface area contributed by atoms with E-state index in [4.69, 9.17) is 8.94 Å². The number of benzene rings is 1. The number of nitrogens with zero attached hydrogens (tertiary/aromatic N) is 2. The molecule has 0 aliphatic carbocycles. The zero-order valence-electron chi connectivity index (χ0n) is 9.79. The average molecular weight is 317 g/mol. The van der Waals surface area contributed by atoms with Gasteiger partial charge in [-0.25, -0.2) is 0 Å². The van der Waals surface area contributed by atoms with E-state index < -0.39 is 0 Å². The third-order valence-corrected chi connectivity index (χ3v) is 2.88. The van der Waals surface area contributed by atoms with Gasteiger partial charge in [-0.3, -0.25) is 0 Å². The Bertz CT molecular complexity index is 701. The number of furan rings is 1. The van der Waals surface area contributed by atoms with Crippen LogP contribution < -0.4 is 0 Å². The maximum Gasteiger partial charge on any atom is 0.251 e. The van der Waals surface area contributed by atoms with E-state index in [0.717, 1.165) is 5.56 Å². The SMILES string of the molecule is Brc1ccc(-c2noc(C=Cc3ccccc3)n2)o1. The van der Waals surface area contributed by atoms with E-state index in [9.17, 15) is 0 Å². The standard InChI is InChI=1S/C14H9BrN2O2/c15-12-8-7-11(18-12)14-16-13(19-17-14)9-6-10-4-2-1-3-5-10/h1-9H. The van der Waals surface area contributed by atoms with E-state index in [1.165, 1.54) is 0 Å². The molecule has 0 saturated carbocycles. The Morgan fingerprint density at radius 2 is 1.84 bits per heavy atom. The molecule has 19 heavy (non-hydrogen) atoms. The molecule has 0 atom stereocenters. The Labute approximate surface area is 117 Å². The molecule has 0 fully saturated rings. The van der Waals surface area contributed by atoms with Crippen molar-refractivity contribution in [2.24, 2.45) is 0 Å². The molecule has 0 aliphatic rings. The van der Waals surface area contributed by atoms with E-state index in [1.807, 2.05) is 36.4 Å². The molecular weight excluding hydrogens is 308 g/mol. The molecule has 2 heterocycles. The molecule has 3 aromatic rings. The molecule has 0 N–H and O–H groups in total. The molecule has 0 amide bonds. The maximum atomic E-state index is 5.35. The van der Waals surface area contributed by atoms with Crippen molar-refractivity contribution in [3.8, 4) is 11.6 Å². The number of rotatable bonds is 3. The summed E-state index contributed by atoms with van der Waals surface area (Å²) >= 11 is 3.23. The van der Waals surface area contributed by atoms with Crippen molar-refractivity contribution in [2.75, 3.05) is 0 Å². The van der Waals surface area contributed by atoms with Gasteiger partial charge in [0.25, 0.3) is 5.89 Å². The number of halogens is 1. The second-order valence-corrected chi connectivity index (χ2v) is 4.59. The maximum absolute atomic E-state index is 5.35.